The molecule has 0 aliphatic rings. The summed E-state index contributed by atoms with van der Waals surface area (Å²) in [6.07, 6.45) is 0. The smallest absolute Gasteiger partial charge is 0.295 e. The highest BCUT2D eigenvalue weighted by atomic mass is 19.1. The standard InChI is InChI=1S/C23H18F2N4O3/c1-31-18-11-12-20(32-2)19(13-18)26-23(30)21-27-22(14-3-5-15(24)6-4-14)29(28-21)17-9-7-16(25)8-10-17/h3-13H,1-2H3,(H,26,30). The zero-order valence-electron chi connectivity index (χ0n) is 17.2. The van der Waals surface area contributed by atoms with Crippen LogP contribution in [0.3, 0.4) is 0 Å². The van der Waals surface area contributed by atoms with E-state index in [9.17, 15) is 13.6 Å². The van der Waals surface area contributed by atoms with Gasteiger partial charge in [-0.25, -0.2) is 18.4 Å². The molecule has 1 N–H and O–H groups in total. The minimum atomic E-state index is -0.597. The Morgan fingerprint density at radius 2 is 1.56 bits per heavy atom. The van der Waals surface area contributed by atoms with Crippen LogP contribution in [0.15, 0.2) is 66.7 Å². The number of hydrogen-bond acceptors (Lipinski definition) is 5. The van der Waals surface area contributed by atoms with Gasteiger partial charge >= 0.3 is 0 Å². The summed E-state index contributed by atoms with van der Waals surface area (Å²) in [5.74, 6) is -0.322. The van der Waals surface area contributed by atoms with E-state index in [2.05, 4.69) is 15.4 Å². The highest BCUT2D eigenvalue weighted by molar-refractivity contribution is 6.02. The number of halogens is 2. The van der Waals surface area contributed by atoms with E-state index in [-0.39, 0.29) is 5.82 Å². The van der Waals surface area contributed by atoms with Crippen LogP contribution in [0.1, 0.15) is 10.6 Å². The van der Waals surface area contributed by atoms with Gasteiger partial charge in [-0.3, -0.25) is 4.79 Å². The summed E-state index contributed by atoms with van der Waals surface area (Å²) in [6, 6.07) is 16.1. The first kappa shape index (κ1) is 21.0. The molecule has 0 saturated carbocycles. The van der Waals surface area contributed by atoms with Crippen molar-refractivity contribution in [2.75, 3.05) is 19.5 Å². The van der Waals surface area contributed by atoms with Crippen LogP contribution in [0.25, 0.3) is 17.1 Å². The van der Waals surface area contributed by atoms with Crippen LogP contribution in [-0.2, 0) is 0 Å². The number of aromatic nitrogens is 3. The molecule has 162 valence electrons. The van der Waals surface area contributed by atoms with Crippen LogP contribution in [-0.4, -0.2) is 34.9 Å². The Morgan fingerprint density at radius 1 is 0.906 bits per heavy atom. The van der Waals surface area contributed by atoms with Crippen LogP contribution < -0.4 is 14.8 Å². The summed E-state index contributed by atoms with van der Waals surface area (Å²) in [4.78, 5) is 17.3. The third-order valence-electron chi connectivity index (χ3n) is 4.64. The maximum Gasteiger partial charge on any atom is 0.295 e. The second-order valence-electron chi connectivity index (χ2n) is 6.67. The molecule has 1 aromatic heterocycles. The molecule has 0 aliphatic heterocycles. The number of carbonyl (C=O) groups excluding carboxylic acids is 1. The fourth-order valence-corrected chi connectivity index (χ4v) is 3.05. The number of nitrogens with zero attached hydrogens (tertiary/aromatic N) is 3. The number of benzene rings is 3. The van der Waals surface area contributed by atoms with E-state index in [1.165, 1.54) is 67.4 Å². The highest BCUT2D eigenvalue weighted by Gasteiger charge is 2.20. The number of amides is 1. The summed E-state index contributed by atoms with van der Waals surface area (Å²) >= 11 is 0. The number of rotatable bonds is 6. The normalized spacial score (nSPS) is 10.6. The maximum absolute atomic E-state index is 13.4. The summed E-state index contributed by atoms with van der Waals surface area (Å²) < 4.78 is 38.7. The molecule has 0 spiro atoms. The summed E-state index contributed by atoms with van der Waals surface area (Å²) in [6.45, 7) is 0. The summed E-state index contributed by atoms with van der Waals surface area (Å²) in [5, 5.41) is 7.02. The van der Waals surface area contributed by atoms with Gasteiger partial charge in [0.2, 0.25) is 5.82 Å². The molecular weight excluding hydrogens is 418 g/mol. The second kappa shape index (κ2) is 8.84. The molecule has 0 aliphatic carbocycles. The average Bonchev–Trinajstić information content (AvgIpc) is 3.25. The van der Waals surface area contributed by atoms with Gasteiger partial charge in [0, 0.05) is 11.6 Å². The van der Waals surface area contributed by atoms with Crippen LogP contribution in [0.5, 0.6) is 11.5 Å². The number of nitrogens with one attached hydrogen (secondary N) is 1. The molecule has 9 heteroatoms. The topological polar surface area (TPSA) is 78.3 Å². The molecule has 7 nitrogen and oxygen atoms in total. The number of hydrogen-bond donors (Lipinski definition) is 1. The van der Waals surface area contributed by atoms with E-state index in [1.807, 2.05) is 0 Å². The number of anilines is 1. The Labute approximate surface area is 182 Å². The lowest BCUT2D eigenvalue weighted by Gasteiger charge is -2.10. The van der Waals surface area contributed by atoms with Gasteiger partial charge in [-0.05, 0) is 60.7 Å². The first-order chi connectivity index (χ1) is 15.5. The molecule has 0 unspecified atom stereocenters. The van der Waals surface area contributed by atoms with Crippen molar-refractivity contribution in [3.63, 3.8) is 0 Å². The molecule has 1 amide bonds. The van der Waals surface area contributed by atoms with Gasteiger partial charge in [0.05, 0.1) is 25.6 Å². The number of methoxy groups -OCH3 is 2. The van der Waals surface area contributed by atoms with Gasteiger partial charge in [0.15, 0.2) is 5.82 Å². The molecular formula is C23H18F2N4O3. The second-order valence-corrected chi connectivity index (χ2v) is 6.67. The minimum Gasteiger partial charge on any atom is -0.497 e. The molecule has 0 radical (unpaired) electrons. The molecule has 0 bridgehead atoms. The average molecular weight is 436 g/mol. The van der Waals surface area contributed by atoms with Crippen LogP contribution in [0.2, 0.25) is 0 Å². The van der Waals surface area contributed by atoms with Crippen molar-refractivity contribution in [1.82, 2.24) is 14.8 Å². The van der Waals surface area contributed by atoms with E-state index in [4.69, 9.17) is 9.47 Å². The Balaban J connectivity index is 1.75. The minimum absolute atomic E-state index is 0.140. The van der Waals surface area contributed by atoms with Crippen LogP contribution in [0.4, 0.5) is 14.5 Å². The fraction of sp³-hybridized carbons (Fsp3) is 0.0870. The molecule has 0 fully saturated rings. The largest absolute Gasteiger partial charge is 0.497 e. The van der Waals surface area contributed by atoms with Crippen LogP contribution in [0, 0.1) is 11.6 Å². The fourth-order valence-electron chi connectivity index (χ4n) is 3.05. The molecule has 1 heterocycles. The predicted molar refractivity (Wildman–Crippen MR) is 114 cm³/mol. The molecule has 3 aromatic carbocycles. The molecule has 4 aromatic rings. The van der Waals surface area contributed by atoms with Crippen molar-refractivity contribution in [3.8, 4) is 28.6 Å². The molecule has 0 atom stereocenters. The van der Waals surface area contributed by atoms with Gasteiger partial charge in [-0.2, -0.15) is 0 Å². The third-order valence-corrected chi connectivity index (χ3v) is 4.64. The van der Waals surface area contributed by atoms with Gasteiger partial charge < -0.3 is 14.8 Å². The van der Waals surface area contributed by atoms with Crippen molar-refractivity contribution >= 4 is 11.6 Å². The van der Waals surface area contributed by atoms with Gasteiger partial charge in [0.1, 0.15) is 23.1 Å². The van der Waals surface area contributed by atoms with E-state index < -0.39 is 17.5 Å². The zero-order chi connectivity index (χ0) is 22.7. The summed E-state index contributed by atoms with van der Waals surface area (Å²) in [5.41, 5.74) is 1.38. The van der Waals surface area contributed by atoms with Crippen LogP contribution >= 0.6 is 0 Å². The van der Waals surface area contributed by atoms with Gasteiger partial charge in [-0.15, -0.1) is 5.10 Å². The first-order valence-electron chi connectivity index (χ1n) is 9.51. The van der Waals surface area contributed by atoms with Crippen molar-refractivity contribution in [3.05, 3.63) is 84.2 Å². The van der Waals surface area contributed by atoms with Crippen molar-refractivity contribution in [2.24, 2.45) is 0 Å². The third kappa shape index (κ3) is 4.27. The Morgan fingerprint density at radius 3 is 2.19 bits per heavy atom. The lowest BCUT2D eigenvalue weighted by atomic mass is 10.2. The Hall–Kier alpha value is -4.27. The molecule has 0 saturated heterocycles. The summed E-state index contributed by atoms with van der Waals surface area (Å²) in [7, 11) is 2.99. The Bertz CT molecular complexity index is 1190. The van der Waals surface area contributed by atoms with E-state index >= 15 is 0 Å². The zero-order valence-corrected chi connectivity index (χ0v) is 17.2. The lowest BCUT2D eigenvalue weighted by molar-refractivity contribution is 0.101. The quantitative estimate of drug-likeness (QED) is 0.482. The number of ether oxygens (including phenoxy) is 2. The highest BCUT2D eigenvalue weighted by Crippen LogP contribution is 2.29. The van der Waals surface area contributed by atoms with E-state index in [0.717, 1.165) is 0 Å². The Kier molecular flexibility index (Phi) is 5.80. The monoisotopic (exact) mass is 436 g/mol. The lowest BCUT2D eigenvalue weighted by Crippen LogP contribution is -2.15. The maximum atomic E-state index is 13.4. The van der Waals surface area contributed by atoms with Crippen molar-refractivity contribution < 1.29 is 23.0 Å². The molecule has 32 heavy (non-hydrogen) atoms. The van der Waals surface area contributed by atoms with Gasteiger partial charge in [0.25, 0.3) is 5.91 Å². The van der Waals surface area contributed by atoms with Crippen molar-refractivity contribution in [2.45, 2.75) is 0 Å². The first-order valence-corrected chi connectivity index (χ1v) is 9.51. The van der Waals surface area contributed by atoms with E-state index in [0.29, 0.717) is 34.3 Å². The van der Waals surface area contributed by atoms with E-state index in [1.54, 1.807) is 18.2 Å². The number of carbonyl (C=O) groups is 1. The SMILES string of the molecule is COc1ccc(OC)c(NC(=O)c2nc(-c3ccc(F)cc3)n(-c3ccc(F)cc3)n2)c1. The predicted octanol–water partition coefficient (Wildman–Crippen LogP) is 4.48. The van der Waals surface area contributed by atoms with Gasteiger partial charge in [-0.1, -0.05) is 0 Å². The molecule has 4 rings (SSSR count). The van der Waals surface area contributed by atoms with Crippen molar-refractivity contribution in [1.29, 1.82) is 0 Å².